The smallest absolute Gasteiger partial charge is 1.00 e. The van der Waals surface area contributed by atoms with E-state index in [0.717, 1.165) is 0 Å². The van der Waals surface area contributed by atoms with Crippen LogP contribution in [0, 0.1) is 0 Å². The molecule has 2 aliphatic carbocycles. The second-order valence-corrected chi connectivity index (χ2v) is 17.3. The van der Waals surface area contributed by atoms with Crippen LogP contribution in [-0.4, -0.2) is 0 Å². The average Bonchev–Trinajstić information content (AvgIpc) is 3.70. The number of benzene rings is 7. The Kier molecular flexibility index (Phi) is 12.0. The summed E-state index contributed by atoms with van der Waals surface area (Å²) in [5, 5.41) is 5.08. The van der Waals surface area contributed by atoms with Crippen LogP contribution in [0.1, 0.15) is 98.9 Å². The fourth-order valence-corrected chi connectivity index (χ4v) is 9.06. The van der Waals surface area contributed by atoms with Crippen LogP contribution in [0.5, 0.6) is 0 Å². The van der Waals surface area contributed by atoms with Crippen LogP contribution >= 0.6 is 0 Å². The molecule has 7 aromatic rings. The van der Waals surface area contributed by atoms with Gasteiger partial charge in [-0.2, -0.15) is 0 Å². The van der Waals surface area contributed by atoms with Gasteiger partial charge >= 0.3 is 26.2 Å². The normalized spacial score (nSPS) is 13.9. The Hall–Kier alpha value is -4.26. The number of hydrogen-bond acceptors (Lipinski definition) is 0. The van der Waals surface area contributed by atoms with E-state index in [1.54, 1.807) is 0 Å². The molecule has 3 heteroatoms. The predicted octanol–water partition coefficient (Wildman–Crippen LogP) is 6.59. The van der Waals surface area contributed by atoms with E-state index in [4.69, 9.17) is 0 Å². The first-order chi connectivity index (χ1) is 26.0. The molecule has 9 rings (SSSR count). The molecule has 2 aliphatic rings. The minimum Gasteiger partial charge on any atom is -1.00 e. The number of fused-ring (bicyclic) bond motifs is 5. The number of halogens is 2. The fourth-order valence-electron chi connectivity index (χ4n) is 9.06. The van der Waals surface area contributed by atoms with Crippen LogP contribution in [0.15, 0.2) is 151 Å². The zero-order chi connectivity index (χ0) is 37.4. The monoisotopic (exact) mass is 855 g/mol. The van der Waals surface area contributed by atoms with Crippen molar-refractivity contribution in [2.24, 2.45) is 0 Å². The minimum absolute atomic E-state index is 0. The Balaban J connectivity index is 0.00000183. The first-order valence-corrected chi connectivity index (χ1v) is 19.4. The Labute approximate surface area is 370 Å². The van der Waals surface area contributed by atoms with Gasteiger partial charge < -0.3 is 24.8 Å². The summed E-state index contributed by atoms with van der Waals surface area (Å²) < 4.78 is 0. The Morgan fingerprint density at radius 2 is 1.19 bits per heavy atom. The topological polar surface area (TPSA) is 0 Å². The molecule has 281 valence electrons. The fraction of sp³-hybridized carbons (Fsp3) is 0.185. The molecule has 0 heterocycles. The summed E-state index contributed by atoms with van der Waals surface area (Å²) in [6.45, 7) is 16.4. The molecule has 0 saturated heterocycles. The van der Waals surface area contributed by atoms with E-state index in [2.05, 4.69) is 206 Å². The van der Waals surface area contributed by atoms with Gasteiger partial charge in [0, 0.05) is 5.92 Å². The third kappa shape index (κ3) is 7.49. The summed E-state index contributed by atoms with van der Waals surface area (Å²) in [4.78, 5) is 0. The molecular weight excluding hydrogens is 811 g/mol. The zero-order valence-corrected chi connectivity index (χ0v) is 37.7. The maximum atomic E-state index is 4.08. The molecule has 0 aliphatic heterocycles. The molecule has 1 unspecified atom stereocenters. The van der Waals surface area contributed by atoms with Crippen molar-refractivity contribution in [3.63, 3.8) is 0 Å². The standard InChI is InChI=1S/C54H47.2ClH.Zr/c1-34-29-45-42(39-26-25-35-17-14-15-22-38(35)30-39)23-16-24-44(45)49(34)51-47-32-40-31-41(53(2,3)4)27-28-43(40)46(47)33-48(52(51)54(5,6)7)50(36-18-10-8-11-19-36)37-20-12-9-13-21-37;;;/h8-31,33,49H,1-7H3;2*1H;/q-1;;;+3/p-2. The van der Waals surface area contributed by atoms with Crippen molar-refractivity contribution < 1.29 is 51.0 Å². The number of allylic oxidation sites excluding steroid dienone is 1. The van der Waals surface area contributed by atoms with E-state index in [1.807, 2.05) is 0 Å². The third-order valence-corrected chi connectivity index (χ3v) is 11.6. The van der Waals surface area contributed by atoms with Gasteiger partial charge in [-0.05, 0) is 78.8 Å². The van der Waals surface area contributed by atoms with Crippen LogP contribution in [0.25, 0.3) is 50.8 Å². The molecular formula is C54H47Cl2Zr. The molecule has 0 nitrogen and oxygen atoms in total. The van der Waals surface area contributed by atoms with Gasteiger partial charge in [0.1, 0.15) is 0 Å². The van der Waals surface area contributed by atoms with Gasteiger partial charge in [-0.1, -0.05) is 203 Å². The van der Waals surface area contributed by atoms with Crippen LogP contribution in [-0.2, 0) is 37.0 Å². The van der Waals surface area contributed by atoms with Gasteiger partial charge in [-0.3, -0.25) is 0 Å². The van der Waals surface area contributed by atoms with Crippen molar-refractivity contribution in [3.8, 4) is 22.3 Å². The van der Waals surface area contributed by atoms with Crippen molar-refractivity contribution in [1.82, 2.24) is 0 Å². The maximum absolute atomic E-state index is 4.08. The molecule has 0 fully saturated rings. The van der Waals surface area contributed by atoms with Crippen LogP contribution in [0.3, 0.4) is 0 Å². The molecule has 1 atom stereocenters. The largest absolute Gasteiger partial charge is 3.00 e. The number of rotatable bonds is 4. The van der Waals surface area contributed by atoms with E-state index < -0.39 is 0 Å². The van der Waals surface area contributed by atoms with Gasteiger partial charge in [0.25, 0.3) is 0 Å². The van der Waals surface area contributed by atoms with Crippen LogP contribution in [0.4, 0.5) is 0 Å². The SMILES string of the molecule is CC1=Cc2c(-c3ccc4ccccc4c3)cccc2C1c1c(C(C)(C)C)c(=C(c2ccccc2)c2ccccc2)cc2c1=[C-]c1cc(C(C)(C)C)ccc1-2.[Cl-].[Cl-].[Zr+3]. The van der Waals surface area contributed by atoms with E-state index in [0.29, 0.717) is 0 Å². The molecule has 0 amide bonds. The summed E-state index contributed by atoms with van der Waals surface area (Å²) in [6.07, 6.45) is 6.54. The molecule has 0 saturated carbocycles. The van der Waals surface area contributed by atoms with Crippen molar-refractivity contribution in [3.05, 3.63) is 206 Å². The summed E-state index contributed by atoms with van der Waals surface area (Å²) in [6, 6.07) is 54.1. The summed E-state index contributed by atoms with van der Waals surface area (Å²) in [5.74, 6) is 0.0834. The molecule has 1 radical (unpaired) electrons. The quantitative estimate of drug-likeness (QED) is 0.176. The number of hydrogen-bond donors (Lipinski definition) is 0. The van der Waals surface area contributed by atoms with Crippen LogP contribution < -0.4 is 35.3 Å². The second kappa shape index (κ2) is 16.2. The van der Waals surface area contributed by atoms with Crippen molar-refractivity contribution in [1.29, 1.82) is 0 Å². The Morgan fingerprint density at radius 3 is 1.82 bits per heavy atom. The molecule has 0 spiro atoms. The molecule has 0 bridgehead atoms. The molecule has 57 heavy (non-hydrogen) atoms. The molecule has 7 aromatic carbocycles. The third-order valence-electron chi connectivity index (χ3n) is 11.6. The van der Waals surface area contributed by atoms with Gasteiger partial charge in [-0.15, -0.1) is 34.1 Å². The van der Waals surface area contributed by atoms with E-state index >= 15 is 0 Å². The van der Waals surface area contributed by atoms with Crippen molar-refractivity contribution >= 4 is 28.5 Å². The molecule has 0 N–H and O–H groups in total. The van der Waals surface area contributed by atoms with E-state index in [-0.39, 0.29) is 67.8 Å². The Bertz CT molecular complexity index is 2740. The summed E-state index contributed by atoms with van der Waals surface area (Å²) in [7, 11) is 0. The Morgan fingerprint density at radius 1 is 0.561 bits per heavy atom. The van der Waals surface area contributed by atoms with Crippen LogP contribution in [0.2, 0.25) is 0 Å². The van der Waals surface area contributed by atoms with Gasteiger partial charge in [0.2, 0.25) is 0 Å². The van der Waals surface area contributed by atoms with Gasteiger partial charge in [0.05, 0.1) is 0 Å². The molecule has 0 aromatic heterocycles. The maximum Gasteiger partial charge on any atom is 3.00 e. The average molecular weight is 858 g/mol. The summed E-state index contributed by atoms with van der Waals surface area (Å²) >= 11 is 0. The summed E-state index contributed by atoms with van der Waals surface area (Å²) in [5.41, 5.74) is 18.1. The second-order valence-electron chi connectivity index (χ2n) is 17.3. The first kappa shape index (κ1) is 42.4. The predicted molar refractivity (Wildman–Crippen MR) is 230 cm³/mol. The van der Waals surface area contributed by atoms with E-state index in [9.17, 15) is 0 Å². The van der Waals surface area contributed by atoms with Crippen molar-refractivity contribution in [2.75, 3.05) is 0 Å². The minimum atomic E-state index is -0.180. The van der Waals surface area contributed by atoms with Gasteiger partial charge in [0.15, 0.2) is 0 Å². The first-order valence-electron chi connectivity index (χ1n) is 19.4. The van der Waals surface area contributed by atoms with E-state index in [1.165, 1.54) is 99.1 Å². The van der Waals surface area contributed by atoms with Gasteiger partial charge in [-0.25, -0.2) is 0 Å². The zero-order valence-electron chi connectivity index (χ0n) is 33.8. The van der Waals surface area contributed by atoms with Crippen molar-refractivity contribution in [2.45, 2.75) is 65.2 Å².